The lowest BCUT2D eigenvalue weighted by atomic mass is 9.86. The van der Waals surface area contributed by atoms with Gasteiger partial charge in [-0.15, -0.1) is 11.3 Å². The topological polar surface area (TPSA) is 42.7 Å². The minimum atomic E-state index is 0.203. The third-order valence-corrected chi connectivity index (χ3v) is 3.78. The zero-order chi connectivity index (χ0) is 13.0. The first kappa shape index (κ1) is 13.2. The van der Waals surface area contributed by atoms with Gasteiger partial charge in [0, 0.05) is 42.6 Å². The van der Waals surface area contributed by atoms with Crippen molar-refractivity contribution < 1.29 is 0 Å². The van der Waals surface area contributed by atoms with Gasteiger partial charge in [0.1, 0.15) is 0 Å². The molecule has 0 aliphatic carbocycles. The molecule has 2 aromatic heterocycles. The van der Waals surface area contributed by atoms with Crippen LogP contribution in [0.25, 0.3) is 0 Å². The summed E-state index contributed by atoms with van der Waals surface area (Å²) in [6.07, 6.45) is 7.62. The highest BCUT2D eigenvalue weighted by Crippen LogP contribution is 2.21. The quantitative estimate of drug-likeness (QED) is 0.902. The molecule has 0 aliphatic heterocycles. The van der Waals surface area contributed by atoms with Gasteiger partial charge in [0.2, 0.25) is 0 Å². The van der Waals surface area contributed by atoms with E-state index < -0.39 is 0 Å². The van der Waals surface area contributed by atoms with Gasteiger partial charge >= 0.3 is 0 Å². The number of hydrogen-bond acceptors (Lipinski definition) is 4. The molecule has 18 heavy (non-hydrogen) atoms. The lowest BCUT2D eigenvalue weighted by Gasteiger charge is -2.31. The van der Waals surface area contributed by atoms with Crippen molar-refractivity contribution in [2.75, 3.05) is 0 Å². The van der Waals surface area contributed by atoms with Gasteiger partial charge in [0.25, 0.3) is 0 Å². The van der Waals surface area contributed by atoms with Gasteiger partial charge in [-0.05, 0) is 5.41 Å². The van der Waals surface area contributed by atoms with Gasteiger partial charge in [-0.1, -0.05) is 20.8 Å². The second-order valence-electron chi connectivity index (χ2n) is 5.53. The molecule has 4 nitrogen and oxygen atoms in total. The smallest absolute Gasteiger partial charge is 0.0946 e. The number of rotatable bonds is 5. The van der Waals surface area contributed by atoms with Crippen molar-refractivity contribution in [3.8, 4) is 0 Å². The average molecular weight is 264 g/mol. The van der Waals surface area contributed by atoms with Crippen molar-refractivity contribution in [3.05, 3.63) is 35.3 Å². The van der Waals surface area contributed by atoms with Crippen LogP contribution in [0.4, 0.5) is 0 Å². The molecule has 0 fully saturated rings. The minimum Gasteiger partial charge on any atom is -0.336 e. The van der Waals surface area contributed by atoms with E-state index in [1.165, 1.54) is 4.88 Å². The average Bonchev–Trinajstić information content (AvgIpc) is 2.95. The number of aromatic nitrogens is 3. The Balaban J connectivity index is 1.97. The Labute approximate surface area is 112 Å². The summed E-state index contributed by atoms with van der Waals surface area (Å²) in [7, 11) is 0. The van der Waals surface area contributed by atoms with Gasteiger partial charge in [-0.3, -0.25) is 4.98 Å². The first-order chi connectivity index (χ1) is 8.55. The summed E-state index contributed by atoms with van der Waals surface area (Å²) < 4.78 is 2.12. The van der Waals surface area contributed by atoms with Gasteiger partial charge in [0.15, 0.2) is 0 Å². The fourth-order valence-electron chi connectivity index (χ4n) is 1.80. The van der Waals surface area contributed by atoms with E-state index in [0.717, 1.165) is 13.1 Å². The van der Waals surface area contributed by atoms with E-state index in [0.29, 0.717) is 6.04 Å². The van der Waals surface area contributed by atoms with Gasteiger partial charge in [-0.25, -0.2) is 4.98 Å². The summed E-state index contributed by atoms with van der Waals surface area (Å²) in [6.45, 7) is 8.58. The van der Waals surface area contributed by atoms with Crippen LogP contribution in [0.5, 0.6) is 0 Å². The summed E-state index contributed by atoms with van der Waals surface area (Å²) in [5.74, 6) is 0. The van der Waals surface area contributed by atoms with Crippen molar-refractivity contribution >= 4 is 11.3 Å². The zero-order valence-corrected chi connectivity index (χ0v) is 11.9. The first-order valence-electron chi connectivity index (χ1n) is 6.12. The second-order valence-corrected chi connectivity index (χ2v) is 6.50. The fraction of sp³-hybridized carbons (Fsp3) is 0.538. The minimum absolute atomic E-state index is 0.203. The molecule has 0 spiro atoms. The summed E-state index contributed by atoms with van der Waals surface area (Å²) >= 11 is 1.69. The molecule has 2 aromatic rings. The SMILES string of the molecule is CC(C)(C)C(Cn1ccnc1)NCc1cncs1. The van der Waals surface area contributed by atoms with Gasteiger partial charge in [-0.2, -0.15) is 0 Å². The van der Waals surface area contributed by atoms with Crippen LogP contribution in [0.1, 0.15) is 25.6 Å². The standard InChI is InChI=1S/C13H20N4S/c1-13(2,3)12(8-17-5-4-14-9-17)16-7-11-6-15-10-18-11/h4-6,9-10,12,16H,7-8H2,1-3H3. The van der Waals surface area contributed by atoms with Crippen LogP contribution >= 0.6 is 11.3 Å². The molecule has 2 rings (SSSR count). The largest absolute Gasteiger partial charge is 0.336 e. The van der Waals surface area contributed by atoms with Crippen LogP contribution in [-0.2, 0) is 13.1 Å². The Bertz CT molecular complexity index is 442. The van der Waals surface area contributed by atoms with E-state index in [2.05, 4.69) is 40.6 Å². The normalized spacial score (nSPS) is 13.7. The lowest BCUT2D eigenvalue weighted by Crippen LogP contribution is -2.42. The number of nitrogens with zero attached hydrogens (tertiary/aromatic N) is 3. The molecule has 98 valence electrons. The molecular formula is C13H20N4S. The maximum atomic E-state index is 4.10. The molecule has 0 saturated heterocycles. The highest BCUT2D eigenvalue weighted by atomic mass is 32.1. The Hall–Kier alpha value is -1.20. The van der Waals surface area contributed by atoms with Gasteiger partial charge < -0.3 is 9.88 Å². The first-order valence-corrected chi connectivity index (χ1v) is 7.00. The third-order valence-electron chi connectivity index (χ3n) is 3.00. The molecular weight excluding hydrogens is 244 g/mol. The maximum absolute atomic E-state index is 4.10. The van der Waals surface area contributed by atoms with Crippen LogP contribution in [0.3, 0.4) is 0 Å². The summed E-state index contributed by atoms with van der Waals surface area (Å²) in [4.78, 5) is 9.47. The van der Waals surface area contributed by atoms with E-state index >= 15 is 0 Å². The molecule has 0 radical (unpaired) electrons. The van der Waals surface area contributed by atoms with E-state index in [4.69, 9.17) is 0 Å². The van der Waals surface area contributed by atoms with Crippen LogP contribution < -0.4 is 5.32 Å². The molecule has 0 aliphatic rings. The Morgan fingerprint density at radius 1 is 1.39 bits per heavy atom. The third kappa shape index (κ3) is 3.65. The molecule has 1 atom stereocenters. The maximum Gasteiger partial charge on any atom is 0.0946 e. The molecule has 0 aromatic carbocycles. The number of thiazole rings is 1. The van der Waals surface area contributed by atoms with Gasteiger partial charge in [0.05, 0.1) is 11.8 Å². The lowest BCUT2D eigenvalue weighted by molar-refractivity contribution is 0.240. The van der Waals surface area contributed by atoms with Crippen molar-refractivity contribution in [3.63, 3.8) is 0 Å². The molecule has 1 unspecified atom stereocenters. The van der Waals surface area contributed by atoms with Crippen LogP contribution in [0.15, 0.2) is 30.4 Å². The molecule has 1 N–H and O–H groups in total. The fourth-order valence-corrected chi connectivity index (χ4v) is 2.35. The highest BCUT2D eigenvalue weighted by molar-refractivity contribution is 7.09. The van der Waals surface area contributed by atoms with Crippen molar-refractivity contribution in [1.29, 1.82) is 0 Å². The van der Waals surface area contributed by atoms with Crippen LogP contribution in [0, 0.1) is 5.41 Å². The summed E-state index contributed by atoms with van der Waals surface area (Å²) in [6, 6.07) is 0.397. The summed E-state index contributed by atoms with van der Waals surface area (Å²) in [5, 5.41) is 3.62. The van der Waals surface area contributed by atoms with Crippen LogP contribution in [0.2, 0.25) is 0 Å². The molecule has 0 bridgehead atoms. The van der Waals surface area contributed by atoms with Crippen LogP contribution in [-0.4, -0.2) is 20.6 Å². The Kier molecular flexibility index (Phi) is 4.14. The van der Waals surface area contributed by atoms with Crippen molar-refractivity contribution in [2.45, 2.75) is 39.9 Å². The van der Waals surface area contributed by atoms with Crippen molar-refractivity contribution in [2.24, 2.45) is 5.41 Å². The number of imidazole rings is 1. The predicted octanol–water partition coefficient (Wildman–Crippen LogP) is 2.54. The number of nitrogens with one attached hydrogen (secondary N) is 1. The Morgan fingerprint density at radius 2 is 2.22 bits per heavy atom. The van der Waals surface area contributed by atoms with E-state index in [9.17, 15) is 0 Å². The number of hydrogen-bond donors (Lipinski definition) is 1. The van der Waals surface area contributed by atoms with E-state index in [1.54, 1.807) is 11.3 Å². The zero-order valence-electron chi connectivity index (χ0n) is 11.1. The molecule has 0 amide bonds. The molecule has 5 heteroatoms. The highest BCUT2D eigenvalue weighted by Gasteiger charge is 2.24. The van der Waals surface area contributed by atoms with E-state index in [1.807, 2.05) is 30.4 Å². The predicted molar refractivity (Wildman–Crippen MR) is 74.4 cm³/mol. The van der Waals surface area contributed by atoms with Crippen molar-refractivity contribution in [1.82, 2.24) is 19.9 Å². The second kappa shape index (κ2) is 5.63. The Morgan fingerprint density at radius 3 is 2.78 bits per heavy atom. The van der Waals surface area contributed by atoms with E-state index in [-0.39, 0.29) is 5.41 Å². The monoisotopic (exact) mass is 264 g/mol. The molecule has 0 saturated carbocycles. The summed E-state index contributed by atoms with van der Waals surface area (Å²) in [5.41, 5.74) is 2.08. The molecule has 2 heterocycles.